The molecule has 2 aromatic carbocycles. The highest BCUT2D eigenvalue weighted by atomic mass is 19.3. The molecule has 3 aromatic rings. The van der Waals surface area contributed by atoms with Crippen LogP contribution in [0.25, 0.3) is 10.9 Å². The molecule has 1 heterocycles. The molecule has 0 aliphatic heterocycles. The van der Waals surface area contributed by atoms with Crippen molar-refractivity contribution in [2.75, 3.05) is 7.05 Å². The molecular weight excluding hydrogens is 350 g/mol. The maximum atomic E-state index is 13.0. The van der Waals surface area contributed by atoms with Gasteiger partial charge in [0.25, 0.3) is 5.91 Å². The Morgan fingerprint density at radius 1 is 1.15 bits per heavy atom. The van der Waals surface area contributed by atoms with Crippen LogP contribution in [0.1, 0.15) is 27.2 Å². The number of halogens is 2. The zero-order valence-electron chi connectivity index (χ0n) is 15.4. The van der Waals surface area contributed by atoms with Crippen molar-refractivity contribution in [2.24, 2.45) is 0 Å². The Morgan fingerprint density at radius 2 is 1.93 bits per heavy atom. The van der Waals surface area contributed by atoms with Gasteiger partial charge in [-0.05, 0) is 49.7 Å². The summed E-state index contributed by atoms with van der Waals surface area (Å²) in [6.07, 6.45) is 0. The van der Waals surface area contributed by atoms with Crippen molar-refractivity contribution in [3.8, 4) is 5.75 Å². The van der Waals surface area contributed by atoms with Gasteiger partial charge in [0.15, 0.2) is 0 Å². The minimum atomic E-state index is -2.88. The molecule has 0 spiro atoms. The molecule has 3 rings (SSSR count). The molecule has 0 unspecified atom stereocenters. The summed E-state index contributed by atoms with van der Waals surface area (Å²) in [7, 11) is 1.68. The van der Waals surface area contributed by atoms with Gasteiger partial charge >= 0.3 is 6.61 Å². The number of fused-ring (bicyclic) bond motifs is 1. The molecular formula is C21H20F2N2O2. The molecule has 1 aromatic heterocycles. The zero-order chi connectivity index (χ0) is 19.6. The summed E-state index contributed by atoms with van der Waals surface area (Å²) in [6.45, 7) is 1.20. The Balaban J connectivity index is 1.88. The van der Waals surface area contributed by atoms with Crippen LogP contribution in [0.2, 0.25) is 0 Å². The van der Waals surface area contributed by atoms with E-state index in [-0.39, 0.29) is 18.2 Å². The van der Waals surface area contributed by atoms with E-state index in [1.807, 2.05) is 32.0 Å². The summed E-state index contributed by atoms with van der Waals surface area (Å²) < 4.78 is 29.2. The van der Waals surface area contributed by atoms with Crippen LogP contribution in [-0.2, 0) is 6.54 Å². The zero-order valence-corrected chi connectivity index (χ0v) is 15.4. The summed E-state index contributed by atoms with van der Waals surface area (Å²) in [6, 6.07) is 13.9. The molecule has 140 valence electrons. The third-order valence-electron chi connectivity index (χ3n) is 4.21. The van der Waals surface area contributed by atoms with Crippen molar-refractivity contribution in [3.05, 3.63) is 70.9 Å². The van der Waals surface area contributed by atoms with Crippen molar-refractivity contribution in [3.63, 3.8) is 0 Å². The Bertz CT molecular complexity index is 989. The van der Waals surface area contributed by atoms with Crippen LogP contribution in [-0.4, -0.2) is 29.5 Å². The smallest absolute Gasteiger partial charge is 0.387 e. The number of hydrogen-bond acceptors (Lipinski definition) is 3. The number of pyridine rings is 1. The van der Waals surface area contributed by atoms with Gasteiger partial charge < -0.3 is 9.64 Å². The van der Waals surface area contributed by atoms with Gasteiger partial charge in [-0.2, -0.15) is 8.78 Å². The van der Waals surface area contributed by atoms with Crippen molar-refractivity contribution in [1.29, 1.82) is 0 Å². The van der Waals surface area contributed by atoms with Gasteiger partial charge in [-0.3, -0.25) is 9.78 Å². The number of ether oxygens (including phenoxy) is 1. The molecule has 1 amide bonds. The lowest BCUT2D eigenvalue weighted by molar-refractivity contribution is -0.0499. The predicted octanol–water partition coefficient (Wildman–Crippen LogP) is 4.73. The highest BCUT2D eigenvalue weighted by Crippen LogP contribution is 2.23. The van der Waals surface area contributed by atoms with Gasteiger partial charge in [-0.25, -0.2) is 0 Å². The molecule has 27 heavy (non-hydrogen) atoms. The van der Waals surface area contributed by atoms with E-state index in [1.165, 1.54) is 12.1 Å². The van der Waals surface area contributed by atoms with Crippen molar-refractivity contribution in [1.82, 2.24) is 9.88 Å². The number of aromatic nitrogens is 1. The fraction of sp³-hybridized carbons (Fsp3) is 0.238. The molecule has 0 saturated heterocycles. The first kappa shape index (κ1) is 18.8. The van der Waals surface area contributed by atoms with E-state index < -0.39 is 6.61 Å². The van der Waals surface area contributed by atoms with Crippen LogP contribution in [0.15, 0.2) is 48.5 Å². The number of nitrogens with zero attached hydrogens (tertiary/aromatic N) is 2. The number of rotatable bonds is 5. The Kier molecular flexibility index (Phi) is 5.35. The van der Waals surface area contributed by atoms with Crippen LogP contribution >= 0.6 is 0 Å². The van der Waals surface area contributed by atoms with Gasteiger partial charge in [0, 0.05) is 24.7 Å². The molecule has 0 aliphatic carbocycles. The number of carbonyl (C=O) groups is 1. The van der Waals surface area contributed by atoms with Gasteiger partial charge in [-0.1, -0.05) is 23.8 Å². The molecule has 0 aliphatic rings. The van der Waals surface area contributed by atoms with E-state index in [0.717, 1.165) is 22.2 Å². The predicted molar refractivity (Wildman–Crippen MR) is 100 cm³/mol. The maximum Gasteiger partial charge on any atom is 0.387 e. The quantitative estimate of drug-likeness (QED) is 0.652. The number of carbonyl (C=O) groups excluding carboxylic acids is 1. The lowest BCUT2D eigenvalue weighted by Gasteiger charge is -2.19. The molecule has 0 N–H and O–H groups in total. The first-order chi connectivity index (χ1) is 12.8. The van der Waals surface area contributed by atoms with Crippen LogP contribution in [0.3, 0.4) is 0 Å². The average molecular weight is 370 g/mol. The fourth-order valence-electron chi connectivity index (χ4n) is 3.02. The van der Waals surface area contributed by atoms with Crippen LogP contribution in [0.5, 0.6) is 5.75 Å². The van der Waals surface area contributed by atoms with Gasteiger partial charge in [0.2, 0.25) is 0 Å². The standard InChI is InChI=1S/C21H20F2N2O2/c1-13-7-8-19-17(9-13)18(10-14(2)24-19)20(26)25(3)12-15-5-4-6-16(11-15)27-21(22)23/h4-11,21H,12H2,1-3H3. The summed E-state index contributed by atoms with van der Waals surface area (Å²) >= 11 is 0. The fourth-order valence-corrected chi connectivity index (χ4v) is 3.02. The summed E-state index contributed by atoms with van der Waals surface area (Å²) in [4.78, 5) is 19.1. The summed E-state index contributed by atoms with van der Waals surface area (Å²) in [5.41, 5.74) is 3.85. The summed E-state index contributed by atoms with van der Waals surface area (Å²) in [5, 5.41) is 0.798. The van der Waals surface area contributed by atoms with E-state index >= 15 is 0 Å². The molecule has 0 radical (unpaired) electrons. The van der Waals surface area contributed by atoms with E-state index in [9.17, 15) is 13.6 Å². The van der Waals surface area contributed by atoms with Gasteiger partial charge in [0.05, 0.1) is 11.1 Å². The van der Waals surface area contributed by atoms with E-state index in [4.69, 9.17) is 0 Å². The minimum Gasteiger partial charge on any atom is -0.435 e. The number of alkyl halides is 2. The Hall–Kier alpha value is -3.02. The Morgan fingerprint density at radius 3 is 2.67 bits per heavy atom. The van der Waals surface area contributed by atoms with E-state index in [0.29, 0.717) is 11.1 Å². The first-order valence-electron chi connectivity index (χ1n) is 8.50. The third-order valence-corrected chi connectivity index (χ3v) is 4.21. The monoisotopic (exact) mass is 370 g/mol. The highest BCUT2D eigenvalue weighted by Gasteiger charge is 2.17. The minimum absolute atomic E-state index is 0.0733. The second kappa shape index (κ2) is 7.70. The van der Waals surface area contributed by atoms with E-state index in [1.54, 1.807) is 30.1 Å². The Labute approximate surface area is 156 Å². The van der Waals surface area contributed by atoms with Crippen LogP contribution in [0.4, 0.5) is 8.78 Å². The average Bonchev–Trinajstić information content (AvgIpc) is 2.60. The first-order valence-corrected chi connectivity index (χ1v) is 8.50. The molecule has 0 bridgehead atoms. The molecule has 4 nitrogen and oxygen atoms in total. The van der Waals surface area contributed by atoms with Gasteiger partial charge in [-0.15, -0.1) is 0 Å². The van der Waals surface area contributed by atoms with Crippen molar-refractivity contribution >= 4 is 16.8 Å². The topological polar surface area (TPSA) is 42.4 Å². The normalized spacial score (nSPS) is 11.0. The maximum absolute atomic E-state index is 13.0. The van der Waals surface area contributed by atoms with Crippen molar-refractivity contribution < 1.29 is 18.3 Å². The third kappa shape index (κ3) is 4.39. The van der Waals surface area contributed by atoms with Crippen LogP contribution in [0, 0.1) is 13.8 Å². The number of benzene rings is 2. The number of amides is 1. The molecule has 0 atom stereocenters. The number of hydrogen-bond donors (Lipinski definition) is 0. The largest absolute Gasteiger partial charge is 0.435 e. The number of aryl methyl sites for hydroxylation is 2. The molecule has 0 fully saturated rings. The SMILES string of the molecule is Cc1ccc2nc(C)cc(C(=O)N(C)Cc3cccc(OC(F)F)c3)c2c1. The van der Waals surface area contributed by atoms with E-state index in [2.05, 4.69) is 9.72 Å². The second-order valence-electron chi connectivity index (χ2n) is 6.52. The van der Waals surface area contributed by atoms with Gasteiger partial charge in [0.1, 0.15) is 5.75 Å². The van der Waals surface area contributed by atoms with Crippen LogP contribution < -0.4 is 4.74 Å². The second-order valence-corrected chi connectivity index (χ2v) is 6.52. The van der Waals surface area contributed by atoms with Crippen molar-refractivity contribution in [2.45, 2.75) is 27.0 Å². The summed E-state index contributed by atoms with van der Waals surface area (Å²) in [5.74, 6) is -0.0829. The lowest BCUT2D eigenvalue weighted by atomic mass is 10.0. The lowest BCUT2D eigenvalue weighted by Crippen LogP contribution is -2.26. The highest BCUT2D eigenvalue weighted by molar-refractivity contribution is 6.06. The molecule has 6 heteroatoms. The molecule has 0 saturated carbocycles.